The third-order valence-electron chi connectivity index (χ3n) is 3.87. The van der Waals surface area contributed by atoms with Crippen LogP contribution in [-0.2, 0) is 17.6 Å². The van der Waals surface area contributed by atoms with Crippen molar-refractivity contribution in [2.24, 2.45) is 0 Å². The van der Waals surface area contributed by atoms with Gasteiger partial charge in [-0.3, -0.25) is 4.79 Å². The van der Waals surface area contributed by atoms with E-state index < -0.39 is 0 Å². The third-order valence-corrected chi connectivity index (χ3v) is 3.87. The second-order valence-corrected chi connectivity index (χ2v) is 5.88. The van der Waals surface area contributed by atoms with Crippen molar-refractivity contribution < 1.29 is 4.79 Å². The Bertz CT molecular complexity index is 832. The number of rotatable bonds is 6. The van der Waals surface area contributed by atoms with E-state index in [1.165, 1.54) is 0 Å². The van der Waals surface area contributed by atoms with Crippen LogP contribution in [0.2, 0.25) is 0 Å². The minimum Gasteiger partial charge on any atom is -0.309 e. The molecule has 0 bridgehead atoms. The predicted octanol–water partition coefficient (Wildman–Crippen LogP) is 4.28. The summed E-state index contributed by atoms with van der Waals surface area (Å²) in [5.74, 6) is 0.479. The topological polar surface area (TPSA) is 54.9 Å². The summed E-state index contributed by atoms with van der Waals surface area (Å²) in [5, 5.41) is 2.91. The van der Waals surface area contributed by atoms with Gasteiger partial charge in [0.15, 0.2) is 5.82 Å². The highest BCUT2D eigenvalue weighted by Gasteiger charge is 2.12. The standard InChI is InChI=1S/C21H21N3O/c1-2-9-18-21(24-20(25)14-16-10-5-3-6-11-16)22-15-19(23-18)17-12-7-4-8-13-17/h3-8,10-13,15H,2,9,14H2,1H3,(H,22,24,25). The molecule has 4 nitrogen and oxygen atoms in total. The van der Waals surface area contributed by atoms with Crippen LogP contribution in [0.1, 0.15) is 24.6 Å². The number of nitrogens with one attached hydrogen (secondary N) is 1. The number of aryl methyl sites for hydroxylation is 1. The van der Waals surface area contributed by atoms with Crippen LogP contribution in [0.3, 0.4) is 0 Å². The van der Waals surface area contributed by atoms with E-state index in [1.807, 2.05) is 60.7 Å². The third kappa shape index (κ3) is 4.51. The van der Waals surface area contributed by atoms with Crippen LogP contribution >= 0.6 is 0 Å². The van der Waals surface area contributed by atoms with Crippen molar-refractivity contribution in [3.63, 3.8) is 0 Å². The first-order chi connectivity index (χ1) is 12.3. The largest absolute Gasteiger partial charge is 0.309 e. The predicted molar refractivity (Wildman–Crippen MR) is 100 cm³/mol. The van der Waals surface area contributed by atoms with Gasteiger partial charge in [-0.05, 0) is 12.0 Å². The number of amides is 1. The maximum Gasteiger partial charge on any atom is 0.229 e. The van der Waals surface area contributed by atoms with Gasteiger partial charge < -0.3 is 5.32 Å². The highest BCUT2D eigenvalue weighted by molar-refractivity contribution is 5.91. The van der Waals surface area contributed by atoms with E-state index in [1.54, 1.807) is 6.20 Å². The Hall–Kier alpha value is -3.01. The zero-order valence-corrected chi connectivity index (χ0v) is 14.3. The molecule has 0 radical (unpaired) electrons. The number of hydrogen-bond acceptors (Lipinski definition) is 3. The maximum absolute atomic E-state index is 12.3. The van der Waals surface area contributed by atoms with E-state index in [4.69, 9.17) is 4.98 Å². The fourth-order valence-electron chi connectivity index (χ4n) is 2.65. The van der Waals surface area contributed by atoms with Crippen molar-refractivity contribution in [2.75, 3.05) is 5.32 Å². The maximum atomic E-state index is 12.3. The van der Waals surface area contributed by atoms with Crippen LogP contribution in [-0.4, -0.2) is 15.9 Å². The number of nitrogens with zero attached hydrogens (tertiary/aromatic N) is 2. The first-order valence-corrected chi connectivity index (χ1v) is 8.51. The second kappa shape index (κ2) is 8.20. The summed E-state index contributed by atoms with van der Waals surface area (Å²) < 4.78 is 0. The van der Waals surface area contributed by atoms with Crippen LogP contribution in [0.5, 0.6) is 0 Å². The van der Waals surface area contributed by atoms with Crippen molar-refractivity contribution in [1.82, 2.24) is 9.97 Å². The van der Waals surface area contributed by atoms with Gasteiger partial charge in [0.25, 0.3) is 0 Å². The number of aromatic nitrogens is 2. The Morgan fingerprint density at radius 3 is 2.36 bits per heavy atom. The lowest BCUT2D eigenvalue weighted by Gasteiger charge is -2.11. The number of anilines is 1. The molecule has 0 saturated carbocycles. The second-order valence-electron chi connectivity index (χ2n) is 5.88. The summed E-state index contributed by atoms with van der Waals surface area (Å²) in [6.45, 7) is 2.09. The van der Waals surface area contributed by atoms with E-state index in [0.717, 1.165) is 35.4 Å². The highest BCUT2D eigenvalue weighted by atomic mass is 16.1. The first-order valence-electron chi connectivity index (χ1n) is 8.51. The number of carbonyl (C=O) groups excluding carboxylic acids is 1. The van der Waals surface area contributed by atoms with E-state index >= 15 is 0 Å². The molecule has 0 saturated heterocycles. The van der Waals surface area contributed by atoms with Crippen molar-refractivity contribution in [3.05, 3.63) is 78.1 Å². The van der Waals surface area contributed by atoms with Crippen molar-refractivity contribution >= 4 is 11.7 Å². The van der Waals surface area contributed by atoms with Crippen molar-refractivity contribution in [2.45, 2.75) is 26.2 Å². The Kier molecular flexibility index (Phi) is 5.52. The smallest absolute Gasteiger partial charge is 0.229 e. The van der Waals surface area contributed by atoms with Gasteiger partial charge in [-0.25, -0.2) is 9.97 Å². The molecule has 3 aromatic rings. The Morgan fingerprint density at radius 1 is 1.00 bits per heavy atom. The number of carbonyl (C=O) groups is 1. The molecule has 3 rings (SSSR count). The molecule has 0 spiro atoms. The van der Waals surface area contributed by atoms with Crippen LogP contribution in [0.25, 0.3) is 11.3 Å². The molecule has 0 aliphatic heterocycles. The molecule has 25 heavy (non-hydrogen) atoms. The van der Waals surface area contributed by atoms with Gasteiger partial charge in [-0.15, -0.1) is 0 Å². The molecule has 2 aromatic carbocycles. The highest BCUT2D eigenvalue weighted by Crippen LogP contribution is 2.20. The molecule has 0 aliphatic rings. The van der Waals surface area contributed by atoms with Crippen LogP contribution in [0.15, 0.2) is 66.9 Å². The van der Waals surface area contributed by atoms with Crippen molar-refractivity contribution in [1.29, 1.82) is 0 Å². The van der Waals surface area contributed by atoms with Crippen LogP contribution in [0.4, 0.5) is 5.82 Å². The fourth-order valence-corrected chi connectivity index (χ4v) is 2.65. The lowest BCUT2D eigenvalue weighted by Crippen LogP contribution is -2.17. The van der Waals surface area contributed by atoms with Gasteiger partial charge in [0.1, 0.15) is 0 Å². The molecule has 0 atom stereocenters. The van der Waals surface area contributed by atoms with Gasteiger partial charge >= 0.3 is 0 Å². The van der Waals surface area contributed by atoms with E-state index in [9.17, 15) is 4.79 Å². The minimum absolute atomic E-state index is 0.0784. The zero-order valence-electron chi connectivity index (χ0n) is 14.3. The molecule has 4 heteroatoms. The lowest BCUT2D eigenvalue weighted by molar-refractivity contribution is -0.115. The van der Waals surface area contributed by atoms with Crippen molar-refractivity contribution in [3.8, 4) is 11.3 Å². The molecular formula is C21H21N3O. The average Bonchev–Trinajstić information content (AvgIpc) is 2.65. The molecular weight excluding hydrogens is 310 g/mol. The number of benzene rings is 2. The average molecular weight is 331 g/mol. The van der Waals surface area contributed by atoms with Crippen LogP contribution in [0, 0.1) is 0 Å². The Morgan fingerprint density at radius 2 is 1.68 bits per heavy atom. The van der Waals surface area contributed by atoms with E-state index in [-0.39, 0.29) is 5.91 Å². The normalized spacial score (nSPS) is 10.4. The summed E-state index contributed by atoms with van der Waals surface area (Å²) in [4.78, 5) is 21.5. The first kappa shape index (κ1) is 16.8. The minimum atomic E-state index is -0.0784. The molecule has 1 N–H and O–H groups in total. The van der Waals surface area contributed by atoms with Gasteiger partial charge in [-0.2, -0.15) is 0 Å². The van der Waals surface area contributed by atoms with Crippen LogP contribution < -0.4 is 5.32 Å². The number of hydrogen-bond donors (Lipinski definition) is 1. The zero-order chi connectivity index (χ0) is 17.5. The monoisotopic (exact) mass is 331 g/mol. The van der Waals surface area contributed by atoms with Gasteiger partial charge in [0.2, 0.25) is 5.91 Å². The Balaban J connectivity index is 1.79. The molecule has 126 valence electrons. The molecule has 1 heterocycles. The summed E-state index contributed by atoms with van der Waals surface area (Å²) in [5.41, 5.74) is 3.65. The molecule has 0 unspecified atom stereocenters. The summed E-state index contributed by atoms with van der Waals surface area (Å²) >= 11 is 0. The van der Waals surface area contributed by atoms with E-state index in [0.29, 0.717) is 12.2 Å². The summed E-state index contributed by atoms with van der Waals surface area (Å²) in [6.07, 6.45) is 3.75. The molecule has 0 fully saturated rings. The summed E-state index contributed by atoms with van der Waals surface area (Å²) in [6, 6.07) is 19.6. The molecule has 1 amide bonds. The summed E-state index contributed by atoms with van der Waals surface area (Å²) in [7, 11) is 0. The lowest BCUT2D eigenvalue weighted by atomic mass is 10.1. The fraction of sp³-hybridized carbons (Fsp3) is 0.190. The molecule has 0 aliphatic carbocycles. The molecule has 1 aromatic heterocycles. The van der Waals surface area contributed by atoms with E-state index in [2.05, 4.69) is 17.2 Å². The van der Waals surface area contributed by atoms with Gasteiger partial charge in [0, 0.05) is 5.56 Å². The van der Waals surface area contributed by atoms with Gasteiger partial charge in [0.05, 0.1) is 24.0 Å². The van der Waals surface area contributed by atoms with Gasteiger partial charge in [-0.1, -0.05) is 74.0 Å². The quantitative estimate of drug-likeness (QED) is 0.733. The SMILES string of the molecule is CCCc1nc(-c2ccccc2)cnc1NC(=O)Cc1ccccc1. The Labute approximate surface area is 148 Å².